The van der Waals surface area contributed by atoms with E-state index in [0.717, 1.165) is 0 Å². The van der Waals surface area contributed by atoms with Crippen molar-refractivity contribution < 1.29 is 0 Å². The van der Waals surface area contributed by atoms with E-state index < -0.39 is 0 Å². The summed E-state index contributed by atoms with van der Waals surface area (Å²) in [6.07, 6.45) is 0. The highest BCUT2D eigenvalue weighted by molar-refractivity contribution is 8.00. The van der Waals surface area contributed by atoms with Crippen molar-refractivity contribution in [3.8, 4) is 0 Å². The lowest BCUT2D eigenvalue weighted by molar-refractivity contribution is 1.34. The van der Waals surface area contributed by atoms with E-state index in [2.05, 4.69) is 81.4 Å². The summed E-state index contributed by atoms with van der Waals surface area (Å²) in [4.78, 5) is 2.77. The number of fused-ring (bicyclic) bond motifs is 2. The van der Waals surface area contributed by atoms with Gasteiger partial charge in [-0.05, 0) is 32.9 Å². The molecule has 0 radical (unpaired) electrons. The van der Waals surface area contributed by atoms with Gasteiger partial charge in [0.1, 0.15) is 0 Å². The standard InChI is InChI=1S/C21H19BS/c1-14-12-15(2)21(16(3)13-14)22-17-8-4-6-10-19(17)23-20-11-7-5-9-18(20)22/h4-13H,1-3H3. The van der Waals surface area contributed by atoms with Crippen molar-refractivity contribution in [3.63, 3.8) is 0 Å². The van der Waals surface area contributed by atoms with E-state index in [0.29, 0.717) is 6.71 Å². The summed E-state index contributed by atoms with van der Waals surface area (Å²) in [6.45, 7) is 7.02. The topological polar surface area (TPSA) is 0 Å². The van der Waals surface area contributed by atoms with Gasteiger partial charge in [0, 0.05) is 9.79 Å². The van der Waals surface area contributed by atoms with Crippen LogP contribution in [0.2, 0.25) is 0 Å². The Morgan fingerprint density at radius 3 is 1.70 bits per heavy atom. The summed E-state index contributed by atoms with van der Waals surface area (Å²) in [5.74, 6) is 0. The predicted octanol–water partition coefficient (Wildman–Crippen LogP) is 3.59. The SMILES string of the molecule is Cc1cc(C)c(B2c3ccccc3Sc3ccccc32)c(C)c1. The Hall–Kier alpha value is -1.93. The minimum Gasteiger partial charge on any atom is -0.0912 e. The van der Waals surface area contributed by atoms with Gasteiger partial charge < -0.3 is 0 Å². The van der Waals surface area contributed by atoms with Crippen molar-refractivity contribution in [2.45, 2.75) is 30.6 Å². The maximum absolute atomic E-state index is 2.31. The van der Waals surface area contributed by atoms with Crippen LogP contribution in [0.1, 0.15) is 16.7 Å². The molecule has 1 aliphatic heterocycles. The van der Waals surface area contributed by atoms with Crippen molar-refractivity contribution in [1.82, 2.24) is 0 Å². The summed E-state index contributed by atoms with van der Waals surface area (Å²) >= 11 is 1.90. The summed E-state index contributed by atoms with van der Waals surface area (Å²) < 4.78 is 0. The van der Waals surface area contributed by atoms with Gasteiger partial charge in [0.2, 0.25) is 6.71 Å². The molecule has 3 aromatic rings. The van der Waals surface area contributed by atoms with Crippen LogP contribution in [0.3, 0.4) is 0 Å². The van der Waals surface area contributed by atoms with Crippen LogP contribution in [-0.4, -0.2) is 6.71 Å². The zero-order valence-electron chi connectivity index (χ0n) is 13.8. The molecule has 0 spiro atoms. The highest BCUT2D eigenvalue weighted by Gasteiger charge is 2.32. The average molecular weight is 314 g/mol. The Morgan fingerprint density at radius 2 is 1.17 bits per heavy atom. The van der Waals surface area contributed by atoms with Gasteiger partial charge in [-0.1, -0.05) is 93.4 Å². The fourth-order valence-electron chi connectivity index (χ4n) is 3.87. The zero-order chi connectivity index (χ0) is 16.0. The van der Waals surface area contributed by atoms with Crippen LogP contribution in [0.5, 0.6) is 0 Å². The minimum absolute atomic E-state index is 0.337. The third-order valence-corrected chi connectivity index (χ3v) is 5.89. The molecule has 0 saturated heterocycles. The smallest absolute Gasteiger partial charge is 0.0912 e. The molecule has 23 heavy (non-hydrogen) atoms. The molecule has 0 fully saturated rings. The van der Waals surface area contributed by atoms with E-state index >= 15 is 0 Å². The lowest BCUT2D eigenvalue weighted by Crippen LogP contribution is -2.56. The lowest BCUT2D eigenvalue weighted by Gasteiger charge is -2.28. The molecular weight excluding hydrogens is 295 g/mol. The molecule has 0 unspecified atom stereocenters. The van der Waals surface area contributed by atoms with Crippen molar-refractivity contribution in [1.29, 1.82) is 0 Å². The maximum Gasteiger partial charge on any atom is 0.244 e. The van der Waals surface area contributed by atoms with E-state index in [1.54, 1.807) is 0 Å². The largest absolute Gasteiger partial charge is 0.244 e. The molecule has 0 bridgehead atoms. The Kier molecular flexibility index (Phi) is 3.58. The van der Waals surface area contributed by atoms with Crippen LogP contribution < -0.4 is 16.4 Å². The van der Waals surface area contributed by atoms with Crippen LogP contribution in [0, 0.1) is 20.8 Å². The van der Waals surface area contributed by atoms with E-state index in [1.807, 2.05) is 11.8 Å². The summed E-state index contributed by atoms with van der Waals surface area (Å²) in [6, 6.07) is 22.3. The second-order valence-electron chi connectivity index (χ2n) is 6.42. The Labute approximate surface area is 143 Å². The highest BCUT2D eigenvalue weighted by atomic mass is 32.2. The van der Waals surface area contributed by atoms with Gasteiger partial charge in [0.15, 0.2) is 0 Å². The molecule has 112 valence electrons. The molecule has 2 heteroatoms. The van der Waals surface area contributed by atoms with Gasteiger partial charge in [-0.2, -0.15) is 0 Å². The van der Waals surface area contributed by atoms with E-state index in [9.17, 15) is 0 Å². The highest BCUT2D eigenvalue weighted by Crippen LogP contribution is 2.29. The number of benzene rings is 3. The molecule has 0 amide bonds. The monoisotopic (exact) mass is 314 g/mol. The minimum atomic E-state index is 0.337. The number of hydrogen-bond donors (Lipinski definition) is 0. The van der Waals surface area contributed by atoms with Crippen molar-refractivity contribution in [3.05, 3.63) is 77.4 Å². The first-order valence-electron chi connectivity index (χ1n) is 8.08. The van der Waals surface area contributed by atoms with Crippen LogP contribution in [0.15, 0.2) is 70.5 Å². The molecule has 0 aliphatic carbocycles. The second-order valence-corrected chi connectivity index (χ2v) is 7.51. The average Bonchev–Trinajstić information content (AvgIpc) is 2.53. The van der Waals surface area contributed by atoms with Crippen LogP contribution in [-0.2, 0) is 0 Å². The van der Waals surface area contributed by atoms with Gasteiger partial charge in [0.05, 0.1) is 0 Å². The van der Waals surface area contributed by atoms with Crippen LogP contribution >= 0.6 is 11.8 Å². The lowest BCUT2D eigenvalue weighted by atomic mass is 9.35. The van der Waals surface area contributed by atoms with Crippen molar-refractivity contribution >= 4 is 34.9 Å². The first-order valence-corrected chi connectivity index (χ1v) is 8.90. The number of aryl methyl sites for hydroxylation is 3. The molecule has 1 aliphatic rings. The summed E-state index contributed by atoms with van der Waals surface area (Å²) in [5.41, 5.74) is 8.47. The fourth-order valence-corrected chi connectivity index (χ4v) is 5.01. The molecule has 1 heterocycles. The quantitative estimate of drug-likeness (QED) is 0.484. The molecule has 0 aromatic heterocycles. The molecule has 0 N–H and O–H groups in total. The van der Waals surface area contributed by atoms with Gasteiger partial charge in [0.25, 0.3) is 0 Å². The van der Waals surface area contributed by atoms with E-state index in [1.165, 1.54) is 42.9 Å². The number of hydrogen-bond acceptors (Lipinski definition) is 1. The van der Waals surface area contributed by atoms with Gasteiger partial charge in [-0.3, -0.25) is 0 Å². The molecule has 4 rings (SSSR count). The molecule has 0 atom stereocenters. The maximum atomic E-state index is 2.31. The molecule has 0 saturated carbocycles. The Bertz CT molecular complexity index is 829. The van der Waals surface area contributed by atoms with E-state index in [-0.39, 0.29) is 0 Å². The molecule has 3 aromatic carbocycles. The summed E-state index contributed by atoms with van der Waals surface area (Å²) in [7, 11) is 0. The third kappa shape index (κ3) is 2.42. The first-order chi connectivity index (χ1) is 11.1. The predicted molar refractivity (Wildman–Crippen MR) is 102 cm³/mol. The summed E-state index contributed by atoms with van der Waals surface area (Å²) in [5, 5.41) is 0. The van der Waals surface area contributed by atoms with Gasteiger partial charge >= 0.3 is 0 Å². The molecular formula is C21H19BS. The van der Waals surface area contributed by atoms with Gasteiger partial charge in [-0.15, -0.1) is 0 Å². The zero-order valence-corrected chi connectivity index (χ0v) is 14.6. The third-order valence-electron chi connectivity index (χ3n) is 4.71. The number of rotatable bonds is 1. The van der Waals surface area contributed by atoms with E-state index in [4.69, 9.17) is 0 Å². The molecule has 0 nitrogen and oxygen atoms in total. The Morgan fingerprint density at radius 1 is 0.696 bits per heavy atom. The fraction of sp³-hybridized carbons (Fsp3) is 0.143. The Balaban J connectivity index is 2.02. The van der Waals surface area contributed by atoms with Crippen molar-refractivity contribution in [2.75, 3.05) is 0 Å². The normalized spacial score (nSPS) is 12.7. The second kappa shape index (κ2) is 5.61. The van der Waals surface area contributed by atoms with Crippen LogP contribution in [0.25, 0.3) is 0 Å². The van der Waals surface area contributed by atoms with Crippen LogP contribution in [0.4, 0.5) is 0 Å². The first kappa shape index (κ1) is 14.7. The van der Waals surface area contributed by atoms with Gasteiger partial charge in [-0.25, -0.2) is 0 Å². The van der Waals surface area contributed by atoms with Crippen molar-refractivity contribution in [2.24, 2.45) is 0 Å².